The van der Waals surface area contributed by atoms with Gasteiger partial charge in [-0.05, 0) is 37.9 Å². The second-order valence-electron chi connectivity index (χ2n) is 5.57. The van der Waals surface area contributed by atoms with Crippen molar-refractivity contribution >= 4 is 0 Å². The highest BCUT2D eigenvalue weighted by Crippen LogP contribution is 2.18. The molecule has 0 bridgehead atoms. The number of aryl methyl sites for hydroxylation is 1. The van der Waals surface area contributed by atoms with E-state index in [1.54, 1.807) is 0 Å². The Morgan fingerprint density at radius 3 is 2.89 bits per heavy atom. The van der Waals surface area contributed by atoms with E-state index < -0.39 is 0 Å². The lowest BCUT2D eigenvalue weighted by Gasteiger charge is -2.18. The van der Waals surface area contributed by atoms with Crippen molar-refractivity contribution in [2.45, 2.75) is 32.4 Å². The molecule has 2 nitrogen and oxygen atoms in total. The second kappa shape index (κ2) is 6.17. The molecule has 0 saturated heterocycles. The molecule has 0 spiro atoms. The van der Waals surface area contributed by atoms with Gasteiger partial charge in [0.1, 0.15) is 0 Å². The highest BCUT2D eigenvalue weighted by Gasteiger charge is 2.20. The third kappa shape index (κ3) is 4.63. The van der Waals surface area contributed by atoms with Crippen LogP contribution < -0.4 is 5.32 Å². The van der Waals surface area contributed by atoms with Crippen LogP contribution in [0.3, 0.4) is 0 Å². The van der Waals surface area contributed by atoms with Crippen molar-refractivity contribution in [3.05, 3.63) is 47.5 Å². The zero-order valence-electron chi connectivity index (χ0n) is 11.6. The number of nitrogens with one attached hydrogen (secondary N) is 1. The lowest BCUT2D eigenvalue weighted by atomic mass is 10.1. The van der Waals surface area contributed by atoms with Crippen LogP contribution in [0.15, 0.2) is 36.4 Å². The largest absolute Gasteiger partial charge is 0.310 e. The Kier molecular flexibility index (Phi) is 4.56. The molecule has 1 fully saturated rings. The molecule has 0 heterocycles. The van der Waals surface area contributed by atoms with E-state index in [9.17, 15) is 0 Å². The lowest BCUT2D eigenvalue weighted by Crippen LogP contribution is -2.26. The fourth-order valence-corrected chi connectivity index (χ4v) is 2.19. The Hall–Kier alpha value is -1.12. The molecule has 0 radical (unpaired) electrons. The van der Waals surface area contributed by atoms with E-state index in [2.05, 4.69) is 55.0 Å². The van der Waals surface area contributed by atoms with Crippen molar-refractivity contribution in [1.29, 1.82) is 0 Å². The first-order chi connectivity index (χ1) is 8.63. The molecular weight excluding hydrogens is 220 g/mol. The molecule has 1 saturated carbocycles. The van der Waals surface area contributed by atoms with Crippen molar-refractivity contribution in [2.75, 3.05) is 20.1 Å². The van der Waals surface area contributed by atoms with E-state index in [0.29, 0.717) is 0 Å². The van der Waals surface area contributed by atoms with Crippen molar-refractivity contribution < 1.29 is 0 Å². The van der Waals surface area contributed by atoms with E-state index in [0.717, 1.165) is 25.7 Å². The smallest absolute Gasteiger partial charge is 0.0234 e. The molecule has 0 aliphatic heterocycles. The van der Waals surface area contributed by atoms with Crippen molar-refractivity contribution in [2.24, 2.45) is 0 Å². The summed E-state index contributed by atoms with van der Waals surface area (Å²) in [6.45, 7) is 9.21. The van der Waals surface area contributed by atoms with E-state index in [1.807, 2.05) is 0 Å². The maximum atomic E-state index is 4.15. The molecule has 2 rings (SSSR count). The average molecular weight is 244 g/mol. The third-order valence-corrected chi connectivity index (χ3v) is 3.25. The molecule has 1 aromatic rings. The van der Waals surface area contributed by atoms with Gasteiger partial charge in [-0.25, -0.2) is 0 Å². The van der Waals surface area contributed by atoms with Crippen molar-refractivity contribution in [3.8, 4) is 0 Å². The minimum atomic E-state index is 0.767. The summed E-state index contributed by atoms with van der Waals surface area (Å²) in [5, 5.41) is 3.51. The molecule has 1 aliphatic carbocycles. The normalized spacial score (nSPS) is 15.1. The summed E-state index contributed by atoms with van der Waals surface area (Å²) in [4.78, 5) is 2.33. The predicted octanol–water partition coefficient (Wildman–Crippen LogP) is 2.74. The molecule has 18 heavy (non-hydrogen) atoms. The molecule has 98 valence electrons. The summed E-state index contributed by atoms with van der Waals surface area (Å²) in [5.41, 5.74) is 3.98. The Bertz CT molecular complexity index is 407. The van der Waals surface area contributed by atoms with Gasteiger partial charge < -0.3 is 5.32 Å². The summed E-state index contributed by atoms with van der Waals surface area (Å²) in [6.07, 6.45) is 2.68. The Balaban J connectivity index is 1.73. The predicted molar refractivity (Wildman–Crippen MR) is 77.7 cm³/mol. The maximum Gasteiger partial charge on any atom is 0.0234 e. The number of nitrogens with zero attached hydrogens (tertiary/aromatic N) is 1. The summed E-state index contributed by atoms with van der Waals surface area (Å²) < 4.78 is 0. The molecule has 0 atom stereocenters. The monoisotopic (exact) mass is 244 g/mol. The highest BCUT2D eigenvalue weighted by atomic mass is 15.1. The summed E-state index contributed by atoms with van der Waals surface area (Å²) in [5.74, 6) is 0. The Labute approximate surface area is 111 Å². The van der Waals surface area contributed by atoms with Gasteiger partial charge in [-0.1, -0.05) is 36.4 Å². The van der Waals surface area contributed by atoms with Gasteiger partial charge in [0.2, 0.25) is 0 Å². The molecule has 0 amide bonds. The summed E-state index contributed by atoms with van der Waals surface area (Å²) >= 11 is 0. The first-order valence-corrected chi connectivity index (χ1v) is 6.77. The van der Waals surface area contributed by atoms with Crippen molar-refractivity contribution in [3.63, 3.8) is 0 Å². The number of likely N-dealkylation sites (N-methyl/N-ethyl adjacent to an activating group) is 1. The number of rotatable bonds is 7. The fourth-order valence-electron chi connectivity index (χ4n) is 2.19. The van der Waals surface area contributed by atoms with Crippen LogP contribution in [0, 0.1) is 6.92 Å². The van der Waals surface area contributed by atoms with Gasteiger partial charge in [-0.15, -0.1) is 0 Å². The van der Waals surface area contributed by atoms with Crippen LogP contribution in [0.5, 0.6) is 0 Å². The van der Waals surface area contributed by atoms with Crippen LogP contribution in [0.25, 0.3) is 0 Å². The first-order valence-electron chi connectivity index (χ1n) is 6.77. The van der Waals surface area contributed by atoms with Gasteiger partial charge >= 0.3 is 0 Å². The third-order valence-electron chi connectivity index (χ3n) is 3.25. The molecule has 0 aromatic heterocycles. The number of benzene rings is 1. The van der Waals surface area contributed by atoms with Gasteiger partial charge in [0.15, 0.2) is 0 Å². The minimum absolute atomic E-state index is 0.767. The second-order valence-corrected chi connectivity index (χ2v) is 5.57. The number of hydrogen-bond donors (Lipinski definition) is 1. The van der Waals surface area contributed by atoms with Gasteiger partial charge in [0.25, 0.3) is 0 Å². The molecule has 1 aromatic carbocycles. The molecule has 1 N–H and O–H groups in total. The van der Waals surface area contributed by atoms with Crippen LogP contribution in [0.1, 0.15) is 24.0 Å². The molecular formula is C16H24N2. The van der Waals surface area contributed by atoms with E-state index in [4.69, 9.17) is 0 Å². The topological polar surface area (TPSA) is 15.3 Å². The zero-order chi connectivity index (χ0) is 13.0. The minimum Gasteiger partial charge on any atom is -0.310 e. The lowest BCUT2D eigenvalue weighted by molar-refractivity contribution is 0.352. The van der Waals surface area contributed by atoms with Crippen LogP contribution in [0.4, 0.5) is 0 Å². The fraction of sp³-hybridized carbons (Fsp3) is 0.500. The van der Waals surface area contributed by atoms with Gasteiger partial charge in [-0.2, -0.15) is 0 Å². The zero-order valence-corrected chi connectivity index (χ0v) is 11.6. The van der Waals surface area contributed by atoms with Gasteiger partial charge in [0.05, 0.1) is 0 Å². The van der Waals surface area contributed by atoms with Crippen LogP contribution in [0.2, 0.25) is 0 Å². The Morgan fingerprint density at radius 1 is 1.44 bits per heavy atom. The molecule has 0 unspecified atom stereocenters. The average Bonchev–Trinajstić information content (AvgIpc) is 3.09. The summed E-state index contributed by atoms with van der Waals surface area (Å²) in [6, 6.07) is 9.48. The van der Waals surface area contributed by atoms with Crippen LogP contribution >= 0.6 is 0 Å². The van der Waals surface area contributed by atoms with Gasteiger partial charge in [0, 0.05) is 25.7 Å². The number of hydrogen-bond acceptors (Lipinski definition) is 2. The highest BCUT2D eigenvalue weighted by molar-refractivity contribution is 5.22. The molecule has 2 heteroatoms. The van der Waals surface area contributed by atoms with E-state index in [-0.39, 0.29) is 0 Å². The standard InChI is InChI=1S/C16H24N2/c1-13-5-4-6-15(9-13)12-18(3)11-14(2)10-17-16-7-8-16/h4-6,9,16-17H,2,7-8,10-12H2,1,3H3. The van der Waals surface area contributed by atoms with Crippen LogP contribution in [-0.4, -0.2) is 31.1 Å². The van der Waals surface area contributed by atoms with E-state index in [1.165, 1.54) is 29.5 Å². The van der Waals surface area contributed by atoms with Crippen molar-refractivity contribution in [1.82, 2.24) is 10.2 Å². The van der Waals surface area contributed by atoms with E-state index >= 15 is 0 Å². The Morgan fingerprint density at radius 2 is 2.22 bits per heavy atom. The van der Waals surface area contributed by atoms with Gasteiger partial charge in [-0.3, -0.25) is 4.90 Å². The summed E-state index contributed by atoms with van der Waals surface area (Å²) in [7, 11) is 2.16. The SMILES string of the molecule is C=C(CNC1CC1)CN(C)Cc1cccc(C)c1. The molecule has 1 aliphatic rings. The maximum absolute atomic E-state index is 4.15. The van der Waals surface area contributed by atoms with Crippen LogP contribution in [-0.2, 0) is 6.54 Å². The quantitative estimate of drug-likeness (QED) is 0.742. The first kappa shape index (κ1) is 13.3.